The van der Waals surface area contributed by atoms with Gasteiger partial charge in [0.1, 0.15) is 11.3 Å². The molecule has 0 fully saturated rings. The van der Waals surface area contributed by atoms with Gasteiger partial charge in [0.05, 0.1) is 6.54 Å². The number of unbranched alkanes of at least 4 members (excludes halogenated alkanes) is 1. The molecule has 0 spiro atoms. The van der Waals surface area contributed by atoms with E-state index in [4.69, 9.17) is 4.98 Å². The fraction of sp³-hybridized carbons (Fsp3) is 0.208. The van der Waals surface area contributed by atoms with Crippen LogP contribution in [0.5, 0.6) is 0 Å². The highest BCUT2D eigenvalue weighted by atomic mass is 79.9. The van der Waals surface area contributed by atoms with Crippen LogP contribution in [0.2, 0.25) is 0 Å². The van der Waals surface area contributed by atoms with Gasteiger partial charge in [-0.15, -0.1) is 10.2 Å². The van der Waals surface area contributed by atoms with Crippen LogP contribution >= 0.6 is 15.9 Å². The smallest absolute Gasteiger partial charge is 0.205 e. The molecule has 0 saturated carbocycles. The molecule has 0 aliphatic carbocycles. The quantitative estimate of drug-likeness (QED) is 0.330. The molecule has 0 amide bonds. The molecule has 0 saturated heterocycles. The molecule has 3 heterocycles. The van der Waals surface area contributed by atoms with E-state index in [-0.39, 0.29) is 0 Å². The summed E-state index contributed by atoms with van der Waals surface area (Å²) >= 11 is 3.51. The van der Waals surface area contributed by atoms with E-state index >= 15 is 0 Å². The third kappa shape index (κ3) is 4.05. The van der Waals surface area contributed by atoms with Crippen LogP contribution in [0.25, 0.3) is 33.7 Å². The third-order valence-electron chi connectivity index (χ3n) is 5.50. The van der Waals surface area contributed by atoms with Gasteiger partial charge in [-0.2, -0.15) is 5.21 Å². The molecule has 0 bridgehead atoms. The average molecular weight is 488 g/mol. The van der Waals surface area contributed by atoms with Crippen LogP contribution in [0.3, 0.4) is 0 Å². The van der Waals surface area contributed by atoms with Crippen molar-refractivity contribution >= 4 is 27.1 Å². The van der Waals surface area contributed by atoms with Crippen molar-refractivity contribution < 1.29 is 0 Å². The predicted octanol–water partition coefficient (Wildman–Crippen LogP) is 5.43. The van der Waals surface area contributed by atoms with Gasteiger partial charge in [0.15, 0.2) is 5.65 Å². The lowest BCUT2D eigenvalue weighted by Crippen LogP contribution is -2.06. The van der Waals surface area contributed by atoms with Crippen molar-refractivity contribution in [1.29, 1.82) is 0 Å². The Hall–Kier alpha value is -3.39. The SMILES string of the molecule is CCCCc1nc2cc(Br)cnc2n1Cc1ccc(-c2ccccc2-c2nn[nH]n2)cc1. The lowest BCUT2D eigenvalue weighted by molar-refractivity contribution is 0.686. The second kappa shape index (κ2) is 9.00. The number of aromatic nitrogens is 7. The van der Waals surface area contributed by atoms with Crippen molar-refractivity contribution in [2.45, 2.75) is 32.7 Å². The molecule has 0 aliphatic heterocycles. The van der Waals surface area contributed by atoms with Crippen molar-refractivity contribution in [3.8, 4) is 22.5 Å². The number of fused-ring (bicyclic) bond motifs is 1. The normalized spacial score (nSPS) is 11.3. The largest absolute Gasteiger partial charge is 0.308 e. The van der Waals surface area contributed by atoms with Crippen molar-refractivity contribution in [1.82, 2.24) is 35.2 Å². The van der Waals surface area contributed by atoms with Crippen molar-refractivity contribution in [2.24, 2.45) is 0 Å². The molecule has 3 aromatic heterocycles. The minimum Gasteiger partial charge on any atom is -0.308 e. The maximum Gasteiger partial charge on any atom is 0.205 e. The Balaban J connectivity index is 1.47. The first-order valence-electron chi connectivity index (χ1n) is 10.7. The van der Waals surface area contributed by atoms with Gasteiger partial charge in [0.25, 0.3) is 0 Å². The van der Waals surface area contributed by atoms with Crippen LogP contribution in [0.4, 0.5) is 0 Å². The first-order chi connectivity index (χ1) is 15.7. The Morgan fingerprint density at radius 1 is 1.03 bits per heavy atom. The summed E-state index contributed by atoms with van der Waals surface area (Å²) in [4.78, 5) is 9.50. The summed E-state index contributed by atoms with van der Waals surface area (Å²) in [5, 5.41) is 14.5. The van der Waals surface area contributed by atoms with Crippen LogP contribution in [-0.4, -0.2) is 35.2 Å². The molecule has 160 valence electrons. The molecule has 0 unspecified atom stereocenters. The number of rotatable bonds is 7. The van der Waals surface area contributed by atoms with E-state index in [9.17, 15) is 0 Å². The molecule has 5 rings (SSSR count). The second-order valence-electron chi connectivity index (χ2n) is 7.69. The summed E-state index contributed by atoms with van der Waals surface area (Å²) in [6.07, 6.45) is 5.02. The van der Waals surface area contributed by atoms with Gasteiger partial charge in [-0.1, -0.05) is 61.9 Å². The fourth-order valence-electron chi connectivity index (χ4n) is 3.90. The maximum atomic E-state index is 4.86. The Bertz CT molecular complexity index is 1340. The Labute approximate surface area is 194 Å². The highest BCUT2D eigenvalue weighted by molar-refractivity contribution is 9.10. The summed E-state index contributed by atoms with van der Waals surface area (Å²) < 4.78 is 3.18. The molecule has 1 N–H and O–H groups in total. The summed E-state index contributed by atoms with van der Waals surface area (Å²) in [7, 11) is 0. The van der Waals surface area contributed by atoms with E-state index < -0.39 is 0 Å². The summed E-state index contributed by atoms with van der Waals surface area (Å²) in [5.74, 6) is 1.67. The van der Waals surface area contributed by atoms with E-state index in [1.165, 1.54) is 5.56 Å². The number of hydrogen-bond donors (Lipinski definition) is 1. The monoisotopic (exact) mass is 487 g/mol. The second-order valence-corrected chi connectivity index (χ2v) is 8.61. The number of nitrogens with zero attached hydrogens (tertiary/aromatic N) is 6. The van der Waals surface area contributed by atoms with Gasteiger partial charge < -0.3 is 4.57 Å². The maximum absolute atomic E-state index is 4.86. The van der Waals surface area contributed by atoms with Gasteiger partial charge >= 0.3 is 0 Å². The zero-order valence-electron chi connectivity index (χ0n) is 17.7. The highest BCUT2D eigenvalue weighted by Gasteiger charge is 2.14. The number of H-pyrrole nitrogens is 1. The molecule has 0 radical (unpaired) electrons. The topological polar surface area (TPSA) is 85.2 Å². The number of pyridine rings is 1. The van der Waals surface area contributed by atoms with Gasteiger partial charge in [0, 0.05) is 22.7 Å². The van der Waals surface area contributed by atoms with Crippen molar-refractivity contribution in [3.05, 3.63) is 76.7 Å². The number of tetrazole rings is 1. The van der Waals surface area contributed by atoms with Gasteiger partial charge in [-0.3, -0.25) is 0 Å². The summed E-state index contributed by atoms with van der Waals surface area (Å²) in [5.41, 5.74) is 6.18. The number of benzene rings is 2. The molecule has 5 aromatic rings. The number of nitrogens with one attached hydrogen (secondary N) is 1. The Morgan fingerprint density at radius 2 is 1.84 bits per heavy atom. The standard InChI is InChI=1S/C24H22BrN7/c1-2-3-8-22-27-21-13-18(25)14-26-24(21)32(22)15-16-9-11-17(12-10-16)19-6-4-5-7-20(19)23-28-30-31-29-23/h4-7,9-14H,2-3,8,15H2,1H3,(H,28,29,30,31). The Morgan fingerprint density at radius 3 is 2.59 bits per heavy atom. The molecular weight excluding hydrogens is 466 g/mol. The number of aryl methyl sites for hydroxylation is 1. The zero-order valence-corrected chi connectivity index (χ0v) is 19.2. The van der Waals surface area contributed by atoms with Gasteiger partial charge in [0.2, 0.25) is 5.82 Å². The molecule has 0 atom stereocenters. The minimum atomic E-state index is 0.590. The molecule has 0 aliphatic rings. The summed E-state index contributed by atoms with van der Waals surface area (Å²) in [6, 6.07) is 18.7. The predicted molar refractivity (Wildman–Crippen MR) is 128 cm³/mol. The van der Waals surface area contributed by atoms with Gasteiger partial charge in [-0.05, 0) is 50.3 Å². The van der Waals surface area contributed by atoms with Gasteiger partial charge in [-0.25, -0.2) is 9.97 Å². The number of imidazole rings is 1. The molecular formula is C24H22BrN7. The highest BCUT2D eigenvalue weighted by Crippen LogP contribution is 2.30. The Kier molecular flexibility index (Phi) is 5.77. The van der Waals surface area contributed by atoms with Crippen LogP contribution in [0, 0.1) is 0 Å². The zero-order chi connectivity index (χ0) is 21.9. The molecule has 32 heavy (non-hydrogen) atoms. The minimum absolute atomic E-state index is 0.590. The lowest BCUT2D eigenvalue weighted by atomic mass is 9.98. The average Bonchev–Trinajstić information content (AvgIpc) is 3.47. The summed E-state index contributed by atoms with van der Waals surface area (Å²) in [6.45, 7) is 2.93. The number of halogens is 1. The molecule has 7 nitrogen and oxygen atoms in total. The van der Waals surface area contributed by atoms with E-state index in [0.29, 0.717) is 5.82 Å². The molecule has 2 aromatic carbocycles. The van der Waals surface area contributed by atoms with Crippen LogP contribution in [0.15, 0.2) is 65.3 Å². The molecule has 8 heteroatoms. The first kappa shape index (κ1) is 20.5. The number of hydrogen-bond acceptors (Lipinski definition) is 5. The van der Waals surface area contributed by atoms with Crippen molar-refractivity contribution in [3.63, 3.8) is 0 Å². The van der Waals surface area contributed by atoms with Crippen LogP contribution in [0.1, 0.15) is 31.2 Å². The lowest BCUT2D eigenvalue weighted by Gasteiger charge is -2.11. The van der Waals surface area contributed by atoms with E-state index in [0.717, 1.165) is 64.0 Å². The first-order valence-corrected chi connectivity index (χ1v) is 11.4. The van der Waals surface area contributed by atoms with E-state index in [1.807, 2.05) is 30.5 Å². The van der Waals surface area contributed by atoms with E-state index in [1.54, 1.807) is 0 Å². The third-order valence-corrected chi connectivity index (χ3v) is 5.94. The van der Waals surface area contributed by atoms with Crippen molar-refractivity contribution in [2.75, 3.05) is 0 Å². The van der Waals surface area contributed by atoms with Crippen LogP contribution < -0.4 is 0 Å². The van der Waals surface area contributed by atoms with E-state index in [2.05, 4.69) is 83.4 Å². The number of aromatic amines is 1. The van der Waals surface area contributed by atoms with Crippen LogP contribution in [-0.2, 0) is 13.0 Å². The fourth-order valence-corrected chi connectivity index (χ4v) is 4.22.